The average Bonchev–Trinajstić information content (AvgIpc) is 2.55. The molecule has 0 saturated carbocycles. The minimum Gasteiger partial charge on any atom is -0.504 e. The first kappa shape index (κ1) is 20.9. The Balaban J connectivity index is 0. The van der Waals surface area contributed by atoms with Crippen molar-refractivity contribution < 1.29 is 9.84 Å². The topological polar surface area (TPSA) is 32.7 Å². The Bertz CT molecular complexity index is 327. The first-order valence-corrected chi connectivity index (χ1v) is 8.02. The van der Waals surface area contributed by atoms with E-state index < -0.39 is 0 Å². The summed E-state index contributed by atoms with van der Waals surface area (Å²) in [4.78, 5) is 2.25. The Kier molecular flexibility index (Phi) is 14.7. The van der Waals surface area contributed by atoms with E-state index in [0.29, 0.717) is 12.4 Å². The predicted molar refractivity (Wildman–Crippen MR) is 90.1 cm³/mol. The van der Waals surface area contributed by atoms with Crippen molar-refractivity contribution in [3.8, 4) is 11.5 Å². The number of phenolic OH excluding ortho intramolecular Hbond substituents is 1. The van der Waals surface area contributed by atoms with Crippen molar-refractivity contribution in [2.24, 2.45) is 0 Å². The molecule has 20 heavy (non-hydrogen) atoms. The smallest absolute Gasteiger partial charge is 0.184 e. The summed E-state index contributed by atoms with van der Waals surface area (Å²) in [5.74, 6) is 0.871. The molecular formula is C17H33NO2. The van der Waals surface area contributed by atoms with Crippen LogP contribution < -0.4 is 9.64 Å². The summed E-state index contributed by atoms with van der Waals surface area (Å²) >= 11 is 0. The van der Waals surface area contributed by atoms with Crippen molar-refractivity contribution in [2.75, 3.05) is 24.6 Å². The third-order valence-electron chi connectivity index (χ3n) is 2.42. The van der Waals surface area contributed by atoms with Gasteiger partial charge < -0.3 is 14.7 Å². The van der Waals surface area contributed by atoms with Gasteiger partial charge in [-0.1, -0.05) is 54.5 Å². The van der Waals surface area contributed by atoms with Gasteiger partial charge in [-0.05, 0) is 18.6 Å². The fraction of sp³-hybridized carbons (Fsp3) is 0.647. The van der Waals surface area contributed by atoms with Gasteiger partial charge >= 0.3 is 0 Å². The number of aromatic hydroxyl groups is 1. The third kappa shape index (κ3) is 6.18. The number of hydrogen-bond acceptors (Lipinski definition) is 3. The summed E-state index contributed by atoms with van der Waals surface area (Å²) < 4.78 is 5.44. The van der Waals surface area contributed by atoms with Crippen molar-refractivity contribution in [1.82, 2.24) is 0 Å². The summed E-state index contributed by atoms with van der Waals surface area (Å²) in [6, 6.07) is 5.50. The molecule has 1 aliphatic rings. The molecule has 1 aliphatic heterocycles. The van der Waals surface area contributed by atoms with E-state index in [0.717, 1.165) is 25.2 Å². The zero-order valence-corrected chi connectivity index (χ0v) is 14.4. The zero-order chi connectivity index (χ0) is 16.0. The van der Waals surface area contributed by atoms with Gasteiger partial charge in [0.05, 0.1) is 12.2 Å². The molecule has 0 atom stereocenters. The average molecular weight is 283 g/mol. The zero-order valence-electron chi connectivity index (χ0n) is 14.4. The van der Waals surface area contributed by atoms with Gasteiger partial charge in [-0.3, -0.25) is 0 Å². The Morgan fingerprint density at radius 2 is 1.70 bits per heavy atom. The van der Waals surface area contributed by atoms with Crippen LogP contribution in [0.1, 0.15) is 54.9 Å². The third-order valence-corrected chi connectivity index (χ3v) is 2.42. The fourth-order valence-electron chi connectivity index (χ4n) is 1.79. The summed E-state index contributed by atoms with van der Waals surface area (Å²) in [5, 5.41) is 9.59. The quantitative estimate of drug-likeness (QED) is 0.821. The SMILES string of the molecule is CC.CC.CC.CCCN1CCOc2c(O)cccc21. The van der Waals surface area contributed by atoms with Gasteiger partial charge in [0.15, 0.2) is 11.5 Å². The molecule has 0 spiro atoms. The largest absolute Gasteiger partial charge is 0.504 e. The van der Waals surface area contributed by atoms with Crippen molar-refractivity contribution in [2.45, 2.75) is 54.9 Å². The Labute approximate surface area is 125 Å². The lowest BCUT2D eigenvalue weighted by Crippen LogP contribution is -2.33. The van der Waals surface area contributed by atoms with Gasteiger partial charge in [-0.25, -0.2) is 0 Å². The first-order chi connectivity index (χ1) is 9.83. The van der Waals surface area contributed by atoms with Crippen LogP contribution in [0.15, 0.2) is 18.2 Å². The molecule has 2 rings (SSSR count). The number of nitrogens with zero attached hydrogens (tertiary/aromatic N) is 1. The molecule has 0 saturated heterocycles. The molecule has 1 heterocycles. The highest BCUT2D eigenvalue weighted by Gasteiger charge is 2.19. The summed E-state index contributed by atoms with van der Waals surface area (Å²) in [6.07, 6.45) is 1.11. The molecule has 0 unspecified atom stereocenters. The number of phenols is 1. The van der Waals surface area contributed by atoms with E-state index in [9.17, 15) is 5.11 Å². The number of benzene rings is 1. The lowest BCUT2D eigenvalue weighted by molar-refractivity contribution is 0.290. The normalized spacial score (nSPS) is 11.2. The second-order valence-corrected chi connectivity index (χ2v) is 3.46. The molecule has 0 aromatic heterocycles. The predicted octanol–water partition coefficient (Wildman–Crippen LogP) is 5.08. The summed E-state index contributed by atoms with van der Waals surface area (Å²) in [6.45, 7) is 16.7. The van der Waals surface area contributed by atoms with Crippen molar-refractivity contribution in [1.29, 1.82) is 0 Å². The van der Waals surface area contributed by atoms with Crippen LogP contribution >= 0.6 is 0 Å². The highest BCUT2D eigenvalue weighted by molar-refractivity contribution is 5.65. The van der Waals surface area contributed by atoms with Crippen LogP contribution in [0, 0.1) is 0 Å². The highest BCUT2D eigenvalue weighted by atomic mass is 16.5. The molecule has 0 radical (unpaired) electrons. The number of hydrogen-bond donors (Lipinski definition) is 1. The molecular weight excluding hydrogens is 250 g/mol. The van der Waals surface area contributed by atoms with E-state index in [1.165, 1.54) is 0 Å². The monoisotopic (exact) mass is 283 g/mol. The van der Waals surface area contributed by atoms with E-state index in [2.05, 4.69) is 11.8 Å². The second-order valence-electron chi connectivity index (χ2n) is 3.46. The van der Waals surface area contributed by atoms with Crippen LogP contribution in [0.3, 0.4) is 0 Å². The number of para-hydroxylation sites is 1. The minimum absolute atomic E-state index is 0.239. The van der Waals surface area contributed by atoms with Crippen molar-refractivity contribution in [3.05, 3.63) is 18.2 Å². The number of rotatable bonds is 2. The Hall–Kier alpha value is -1.38. The van der Waals surface area contributed by atoms with E-state index in [1.807, 2.05) is 53.7 Å². The number of ether oxygens (including phenoxy) is 1. The van der Waals surface area contributed by atoms with Crippen molar-refractivity contribution >= 4 is 5.69 Å². The molecule has 3 nitrogen and oxygen atoms in total. The Morgan fingerprint density at radius 1 is 1.10 bits per heavy atom. The van der Waals surface area contributed by atoms with Crippen LogP contribution in [0.25, 0.3) is 0 Å². The second kappa shape index (κ2) is 14.0. The maximum absolute atomic E-state index is 9.59. The van der Waals surface area contributed by atoms with E-state index in [1.54, 1.807) is 6.07 Å². The highest BCUT2D eigenvalue weighted by Crippen LogP contribution is 2.38. The van der Waals surface area contributed by atoms with Crippen LogP contribution in [0.2, 0.25) is 0 Å². The maximum atomic E-state index is 9.59. The summed E-state index contributed by atoms with van der Waals surface area (Å²) in [5.41, 5.74) is 1.01. The maximum Gasteiger partial charge on any atom is 0.184 e. The van der Waals surface area contributed by atoms with Crippen LogP contribution in [-0.2, 0) is 0 Å². The van der Waals surface area contributed by atoms with Gasteiger partial charge in [0, 0.05) is 6.54 Å². The molecule has 0 aliphatic carbocycles. The van der Waals surface area contributed by atoms with Crippen LogP contribution in [0.4, 0.5) is 5.69 Å². The first-order valence-electron chi connectivity index (χ1n) is 8.02. The molecule has 0 fully saturated rings. The lowest BCUT2D eigenvalue weighted by atomic mass is 10.2. The summed E-state index contributed by atoms with van der Waals surface area (Å²) in [7, 11) is 0. The lowest BCUT2D eigenvalue weighted by Gasteiger charge is -2.31. The molecule has 0 amide bonds. The van der Waals surface area contributed by atoms with Crippen molar-refractivity contribution in [3.63, 3.8) is 0 Å². The molecule has 118 valence electrons. The van der Waals surface area contributed by atoms with Crippen LogP contribution in [-0.4, -0.2) is 24.8 Å². The molecule has 1 N–H and O–H groups in total. The van der Waals surface area contributed by atoms with Gasteiger partial charge in [0.1, 0.15) is 6.61 Å². The standard InChI is InChI=1S/C11H15NO2.3C2H6/c1-2-6-12-7-8-14-11-9(12)4-3-5-10(11)13;3*1-2/h3-5,13H,2,6-8H2,1H3;3*1-2H3. The van der Waals surface area contributed by atoms with E-state index in [4.69, 9.17) is 4.74 Å². The molecule has 1 aromatic rings. The Morgan fingerprint density at radius 3 is 2.25 bits per heavy atom. The van der Waals surface area contributed by atoms with Gasteiger partial charge in [0.25, 0.3) is 0 Å². The van der Waals surface area contributed by atoms with Gasteiger partial charge in [-0.2, -0.15) is 0 Å². The molecule has 3 heteroatoms. The van der Waals surface area contributed by atoms with E-state index in [-0.39, 0.29) is 5.75 Å². The molecule has 1 aromatic carbocycles. The van der Waals surface area contributed by atoms with Gasteiger partial charge in [-0.15, -0.1) is 0 Å². The van der Waals surface area contributed by atoms with Gasteiger partial charge in [0.2, 0.25) is 0 Å². The number of anilines is 1. The van der Waals surface area contributed by atoms with E-state index >= 15 is 0 Å². The van der Waals surface area contributed by atoms with Crippen LogP contribution in [0.5, 0.6) is 11.5 Å². The fourth-order valence-corrected chi connectivity index (χ4v) is 1.79. The number of fused-ring (bicyclic) bond motifs is 1. The minimum atomic E-state index is 0.239. The molecule has 0 bridgehead atoms.